The Morgan fingerprint density at radius 3 is 2.29 bits per heavy atom. The second-order valence-corrected chi connectivity index (χ2v) is 8.00. The number of rotatable bonds is 7. The number of nitrogens with zero attached hydrogens (tertiary/aromatic N) is 1. The predicted molar refractivity (Wildman–Crippen MR) is 114 cm³/mol. The Morgan fingerprint density at radius 2 is 1.65 bits per heavy atom. The average Bonchev–Trinajstić information content (AvgIpc) is 3.18. The zero-order valence-corrected chi connectivity index (χ0v) is 17.7. The fourth-order valence-corrected chi connectivity index (χ4v) is 3.36. The van der Waals surface area contributed by atoms with Crippen LogP contribution in [0.2, 0.25) is 0 Å². The van der Waals surface area contributed by atoms with E-state index < -0.39 is 30.8 Å². The molecule has 31 heavy (non-hydrogen) atoms. The molecule has 1 aliphatic rings. The number of Topliss-reactive ketones (excluding diaryl/α,β-unsaturated/α-hetero) is 1. The van der Waals surface area contributed by atoms with Crippen molar-refractivity contribution >= 4 is 17.8 Å². The van der Waals surface area contributed by atoms with Crippen LogP contribution < -0.4 is 0 Å². The van der Waals surface area contributed by atoms with Crippen LogP contribution in [-0.4, -0.2) is 59.8 Å². The fourth-order valence-electron chi connectivity index (χ4n) is 3.36. The van der Waals surface area contributed by atoms with Gasteiger partial charge in [-0.2, -0.15) is 0 Å². The van der Waals surface area contributed by atoms with Gasteiger partial charge in [0.1, 0.15) is 6.04 Å². The minimum atomic E-state index is -0.970. The number of esters is 1. The van der Waals surface area contributed by atoms with Gasteiger partial charge < -0.3 is 14.6 Å². The van der Waals surface area contributed by atoms with Crippen LogP contribution in [0.4, 0.5) is 4.79 Å². The molecule has 2 aromatic rings. The molecule has 7 heteroatoms. The van der Waals surface area contributed by atoms with E-state index in [1.807, 2.05) is 56.3 Å². The van der Waals surface area contributed by atoms with Gasteiger partial charge in [-0.15, -0.1) is 0 Å². The maximum atomic E-state index is 12.5. The average molecular weight is 425 g/mol. The zero-order chi connectivity index (χ0) is 22.4. The highest BCUT2D eigenvalue weighted by Crippen LogP contribution is 2.22. The summed E-state index contributed by atoms with van der Waals surface area (Å²) in [6.45, 7) is 3.56. The molecule has 2 atom stereocenters. The molecule has 7 nitrogen and oxygen atoms in total. The lowest BCUT2D eigenvalue weighted by atomic mass is 10.0. The number of amides is 1. The molecule has 2 unspecified atom stereocenters. The Labute approximate surface area is 181 Å². The number of hydrogen-bond acceptors (Lipinski definition) is 6. The molecule has 3 rings (SSSR count). The summed E-state index contributed by atoms with van der Waals surface area (Å²) >= 11 is 0. The minimum Gasteiger partial charge on any atom is -0.456 e. The Kier molecular flexibility index (Phi) is 7.41. The molecule has 1 amide bonds. The Morgan fingerprint density at radius 1 is 1.00 bits per heavy atom. The summed E-state index contributed by atoms with van der Waals surface area (Å²) in [4.78, 5) is 38.3. The maximum Gasteiger partial charge on any atom is 0.410 e. The quantitative estimate of drug-likeness (QED) is 0.540. The minimum absolute atomic E-state index is 0.00834. The van der Waals surface area contributed by atoms with Crippen LogP contribution in [0, 0.1) is 5.92 Å². The third-order valence-corrected chi connectivity index (χ3v) is 4.99. The first kappa shape index (κ1) is 22.5. The highest BCUT2D eigenvalue weighted by molar-refractivity contribution is 5.98. The molecule has 0 saturated carbocycles. The largest absolute Gasteiger partial charge is 0.456 e. The number of aliphatic hydroxyl groups excluding tert-OH is 1. The van der Waals surface area contributed by atoms with Gasteiger partial charge in [0.2, 0.25) is 0 Å². The maximum absolute atomic E-state index is 12.5. The standard InChI is InChI=1S/C24H27NO6/c1-16(2)14-31-24(29)25-13-20(26)12-21(25)23(28)30-15-22(27)19-10-8-18(9-11-19)17-6-4-3-5-7-17/h3-11,16,20-21,26H,12-15H2,1-2H3. The summed E-state index contributed by atoms with van der Waals surface area (Å²) in [7, 11) is 0. The summed E-state index contributed by atoms with van der Waals surface area (Å²) in [6.07, 6.45) is -1.46. The van der Waals surface area contributed by atoms with Crippen LogP contribution >= 0.6 is 0 Å². The molecule has 0 aromatic heterocycles. The SMILES string of the molecule is CC(C)COC(=O)N1CC(O)CC1C(=O)OCC(=O)c1ccc(-c2ccccc2)cc1. The monoisotopic (exact) mass is 425 g/mol. The first-order valence-electron chi connectivity index (χ1n) is 10.3. The molecule has 1 N–H and O–H groups in total. The lowest BCUT2D eigenvalue weighted by molar-refractivity contribution is -0.147. The van der Waals surface area contributed by atoms with Gasteiger partial charge in [0.25, 0.3) is 0 Å². The first-order chi connectivity index (χ1) is 14.8. The number of carbonyl (C=O) groups is 3. The van der Waals surface area contributed by atoms with E-state index in [9.17, 15) is 19.5 Å². The predicted octanol–water partition coefficient (Wildman–Crippen LogP) is 3.31. The molecular weight excluding hydrogens is 398 g/mol. The van der Waals surface area contributed by atoms with Crippen molar-refractivity contribution in [1.82, 2.24) is 4.90 Å². The van der Waals surface area contributed by atoms with Crippen LogP contribution in [0.1, 0.15) is 30.6 Å². The van der Waals surface area contributed by atoms with E-state index in [4.69, 9.17) is 9.47 Å². The molecule has 1 fully saturated rings. The van der Waals surface area contributed by atoms with Crippen molar-refractivity contribution in [2.75, 3.05) is 19.8 Å². The van der Waals surface area contributed by atoms with Crippen LogP contribution in [0.25, 0.3) is 11.1 Å². The Balaban J connectivity index is 1.56. The summed E-state index contributed by atoms with van der Waals surface area (Å²) in [5.74, 6) is -0.930. The first-order valence-corrected chi connectivity index (χ1v) is 10.3. The highest BCUT2D eigenvalue weighted by atomic mass is 16.6. The summed E-state index contributed by atoms with van der Waals surface area (Å²) in [5, 5.41) is 9.90. The molecular formula is C24H27NO6. The number of ether oxygens (including phenoxy) is 2. The number of β-amino-alcohol motifs (C(OH)–C–C–N with tert-alkyl or cyclic N) is 1. The molecule has 0 aliphatic carbocycles. The van der Waals surface area contributed by atoms with E-state index in [0.29, 0.717) is 5.56 Å². The molecule has 1 heterocycles. The van der Waals surface area contributed by atoms with E-state index in [1.54, 1.807) is 12.1 Å². The molecule has 0 radical (unpaired) electrons. The van der Waals surface area contributed by atoms with E-state index in [0.717, 1.165) is 16.0 Å². The van der Waals surface area contributed by atoms with Gasteiger partial charge in [0.05, 0.1) is 19.3 Å². The van der Waals surface area contributed by atoms with Crippen LogP contribution in [-0.2, 0) is 14.3 Å². The molecule has 0 bridgehead atoms. The van der Waals surface area contributed by atoms with Crippen LogP contribution in [0.15, 0.2) is 54.6 Å². The Bertz CT molecular complexity index is 909. The van der Waals surface area contributed by atoms with E-state index >= 15 is 0 Å². The van der Waals surface area contributed by atoms with Gasteiger partial charge in [0.15, 0.2) is 12.4 Å². The van der Waals surface area contributed by atoms with Gasteiger partial charge in [-0.3, -0.25) is 9.69 Å². The van der Waals surface area contributed by atoms with E-state index in [-0.39, 0.29) is 31.3 Å². The van der Waals surface area contributed by atoms with Crippen LogP contribution in [0.5, 0.6) is 0 Å². The van der Waals surface area contributed by atoms with Crippen molar-refractivity contribution in [3.8, 4) is 11.1 Å². The number of hydrogen-bond donors (Lipinski definition) is 1. The van der Waals surface area contributed by atoms with Crippen molar-refractivity contribution in [2.45, 2.75) is 32.4 Å². The summed E-state index contributed by atoms with van der Waals surface area (Å²) < 4.78 is 10.3. The van der Waals surface area contributed by atoms with Gasteiger partial charge >= 0.3 is 12.1 Å². The summed E-state index contributed by atoms with van der Waals surface area (Å²) in [6, 6.07) is 15.9. The van der Waals surface area contributed by atoms with Gasteiger partial charge in [-0.05, 0) is 17.0 Å². The lowest BCUT2D eigenvalue weighted by Gasteiger charge is -2.22. The lowest BCUT2D eigenvalue weighted by Crippen LogP contribution is -2.42. The zero-order valence-electron chi connectivity index (χ0n) is 17.7. The number of benzene rings is 2. The molecule has 1 aliphatic heterocycles. The molecule has 2 aromatic carbocycles. The van der Waals surface area contributed by atoms with Crippen molar-refractivity contribution in [1.29, 1.82) is 0 Å². The number of aliphatic hydroxyl groups is 1. The fraction of sp³-hybridized carbons (Fsp3) is 0.375. The van der Waals surface area contributed by atoms with Crippen molar-refractivity contribution in [3.63, 3.8) is 0 Å². The van der Waals surface area contributed by atoms with Gasteiger partial charge in [0, 0.05) is 12.0 Å². The highest BCUT2D eigenvalue weighted by Gasteiger charge is 2.41. The number of likely N-dealkylation sites (tertiary alicyclic amines) is 1. The summed E-state index contributed by atoms with van der Waals surface area (Å²) in [5.41, 5.74) is 2.44. The third-order valence-electron chi connectivity index (χ3n) is 4.99. The van der Waals surface area contributed by atoms with E-state index in [2.05, 4.69) is 0 Å². The molecule has 1 saturated heterocycles. The second kappa shape index (κ2) is 10.2. The smallest absolute Gasteiger partial charge is 0.410 e. The normalized spacial score (nSPS) is 18.1. The second-order valence-electron chi connectivity index (χ2n) is 8.00. The molecule has 0 spiro atoms. The van der Waals surface area contributed by atoms with Gasteiger partial charge in [-0.25, -0.2) is 9.59 Å². The third kappa shape index (κ3) is 5.92. The molecule has 164 valence electrons. The van der Waals surface area contributed by atoms with Crippen molar-refractivity contribution in [2.24, 2.45) is 5.92 Å². The van der Waals surface area contributed by atoms with Crippen LogP contribution in [0.3, 0.4) is 0 Å². The Hall–Kier alpha value is -3.19. The van der Waals surface area contributed by atoms with Crippen molar-refractivity contribution < 1.29 is 29.0 Å². The number of carbonyl (C=O) groups excluding carboxylic acids is 3. The number of ketones is 1. The van der Waals surface area contributed by atoms with E-state index in [1.165, 1.54) is 0 Å². The van der Waals surface area contributed by atoms with Gasteiger partial charge in [-0.1, -0.05) is 68.4 Å². The van der Waals surface area contributed by atoms with Crippen molar-refractivity contribution in [3.05, 3.63) is 60.2 Å². The topological polar surface area (TPSA) is 93.1 Å².